The van der Waals surface area contributed by atoms with Crippen LogP contribution in [-0.4, -0.2) is 68.0 Å². The molecule has 0 bridgehead atoms. The van der Waals surface area contributed by atoms with E-state index in [1.54, 1.807) is 0 Å². The summed E-state index contributed by atoms with van der Waals surface area (Å²) in [6, 6.07) is 2.21. The highest BCUT2D eigenvalue weighted by atomic mass is 32.2. The lowest BCUT2D eigenvalue weighted by Gasteiger charge is -2.61. The molecule has 0 aromatic carbocycles. The number of ether oxygens (including phenoxy) is 1. The molecule has 1 aromatic heterocycles. The topological polar surface area (TPSA) is 62.7 Å². The summed E-state index contributed by atoms with van der Waals surface area (Å²) in [6.45, 7) is 7.69. The third-order valence-electron chi connectivity index (χ3n) is 6.57. The molecule has 0 N–H and O–H groups in total. The van der Waals surface area contributed by atoms with Crippen LogP contribution in [0.25, 0.3) is 0 Å². The Labute approximate surface area is 169 Å². The Kier molecular flexibility index (Phi) is 5.20. The summed E-state index contributed by atoms with van der Waals surface area (Å²) in [5.74, 6) is 0.613. The number of nitrogens with zero attached hydrogens (tertiary/aromatic N) is 3. The minimum atomic E-state index is -4.59. The highest BCUT2D eigenvalue weighted by Crippen LogP contribution is 2.44. The van der Waals surface area contributed by atoms with Gasteiger partial charge in [-0.3, -0.25) is 4.90 Å². The van der Waals surface area contributed by atoms with E-state index in [9.17, 15) is 21.6 Å². The lowest BCUT2D eigenvalue weighted by molar-refractivity contribution is -0.141. The Hall–Kier alpha value is -1.23. The quantitative estimate of drug-likeness (QED) is 0.730. The first-order valence-electron chi connectivity index (χ1n) is 9.89. The summed E-state index contributed by atoms with van der Waals surface area (Å²) >= 11 is 0. The van der Waals surface area contributed by atoms with Crippen molar-refractivity contribution in [2.75, 3.05) is 39.4 Å². The number of hydrogen-bond donors (Lipinski definition) is 0. The van der Waals surface area contributed by atoms with E-state index in [-0.39, 0.29) is 16.0 Å². The fraction of sp³-hybridized carbons (Fsp3) is 0.737. The molecule has 10 heteroatoms. The third-order valence-corrected chi connectivity index (χ3v) is 8.50. The van der Waals surface area contributed by atoms with Gasteiger partial charge in [-0.15, -0.1) is 0 Å². The highest BCUT2D eigenvalue weighted by Gasteiger charge is 2.56. The van der Waals surface area contributed by atoms with Crippen molar-refractivity contribution in [1.82, 2.24) is 14.2 Å². The lowest BCUT2D eigenvalue weighted by atomic mass is 9.72. The van der Waals surface area contributed by atoms with Gasteiger partial charge in [-0.1, -0.05) is 0 Å². The first-order valence-corrected chi connectivity index (χ1v) is 11.3. The van der Waals surface area contributed by atoms with E-state index in [4.69, 9.17) is 4.74 Å². The van der Waals surface area contributed by atoms with E-state index >= 15 is 0 Å². The van der Waals surface area contributed by atoms with Gasteiger partial charge in [0.1, 0.15) is 10.6 Å². The SMILES string of the molecule is Cc1nc(C(F)(F)F)ccc1S(=O)(=O)N1CC2(CN(C(C)C3CCOCC3)C2)C1. The van der Waals surface area contributed by atoms with Gasteiger partial charge >= 0.3 is 6.18 Å². The van der Waals surface area contributed by atoms with Crippen molar-refractivity contribution in [2.45, 2.75) is 43.8 Å². The van der Waals surface area contributed by atoms with Crippen molar-refractivity contribution < 1.29 is 26.3 Å². The second kappa shape index (κ2) is 7.18. The van der Waals surface area contributed by atoms with Crippen LogP contribution in [0.15, 0.2) is 17.0 Å². The maximum absolute atomic E-state index is 12.9. The number of pyridine rings is 1. The van der Waals surface area contributed by atoms with Crippen LogP contribution in [0.4, 0.5) is 13.2 Å². The van der Waals surface area contributed by atoms with Crippen LogP contribution in [-0.2, 0) is 20.9 Å². The fourth-order valence-corrected chi connectivity index (χ4v) is 6.61. The van der Waals surface area contributed by atoms with Crippen molar-refractivity contribution in [2.24, 2.45) is 11.3 Å². The summed E-state index contributed by atoms with van der Waals surface area (Å²) in [5.41, 5.74) is -1.23. The van der Waals surface area contributed by atoms with Crippen molar-refractivity contribution in [1.29, 1.82) is 0 Å². The number of likely N-dealkylation sites (tertiary alicyclic amines) is 1. The van der Waals surface area contributed by atoms with E-state index < -0.39 is 21.9 Å². The van der Waals surface area contributed by atoms with E-state index in [0.29, 0.717) is 25.0 Å². The predicted octanol–water partition coefficient (Wildman–Crippen LogP) is 2.53. The van der Waals surface area contributed by atoms with Gasteiger partial charge in [0.05, 0.1) is 5.69 Å². The number of sulfonamides is 1. The summed E-state index contributed by atoms with van der Waals surface area (Å²) in [5, 5.41) is 0. The number of rotatable bonds is 4. The summed E-state index contributed by atoms with van der Waals surface area (Å²) in [6.07, 6.45) is -2.47. The molecule has 4 rings (SSSR count). The Bertz CT molecular complexity index is 870. The Balaban J connectivity index is 1.37. The van der Waals surface area contributed by atoms with Crippen LogP contribution in [0.1, 0.15) is 31.2 Å². The van der Waals surface area contributed by atoms with Gasteiger partial charge in [0.25, 0.3) is 0 Å². The zero-order chi connectivity index (χ0) is 21.0. The maximum atomic E-state index is 12.9. The van der Waals surface area contributed by atoms with Crippen molar-refractivity contribution in [3.8, 4) is 0 Å². The monoisotopic (exact) mass is 433 g/mol. The first-order chi connectivity index (χ1) is 13.5. The number of alkyl halides is 3. The molecular formula is C19H26F3N3O3S. The fourth-order valence-electron chi connectivity index (χ4n) is 4.79. The van der Waals surface area contributed by atoms with Gasteiger partial charge in [-0.05, 0) is 44.7 Å². The molecular weight excluding hydrogens is 407 g/mol. The molecule has 0 aliphatic carbocycles. The molecule has 1 spiro atoms. The van der Waals surface area contributed by atoms with E-state index in [0.717, 1.165) is 51.3 Å². The van der Waals surface area contributed by atoms with Crippen LogP contribution >= 0.6 is 0 Å². The Morgan fingerprint density at radius 3 is 2.34 bits per heavy atom. The largest absolute Gasteiger partial charge is 0.433 e. The summed E-state index contributed by atoms with van der Waals surface area (Å²) in [4.78, 5) is 5.72. The van der Waals surface area contributed by atoms with E-state index in [2.05, 4.69) is 16.8 Å². The molecule has 4 heterocycles. The predicted molar refractivity (Wildman–Crippen MR) is 99.7 cm³/mol. The van der Waals surface area contributed by atoms with Crippen molar-refractivity contribution in [3.63, 3.8) is 0 Å². The zero-order valence-electron chi connectivity index (χ0n) is 16.6. The van der Waals surface area contributed by atoms with Crippen LogP contribution in [0, 0.1) is 18.3 Å². The minimum Gasteiger partial charge on any atom is -0.381 e. The van der Waals surface area contributed by atoms with Gasteiger partial charge in [-0.2, -0.15) is 17.5 Å². The van der Waals surface area contributed by atoms with E-state index in [1.165, 1.54) is 11.2 Å². The normalized spacial score (nSPS) is 24.9. The molecule has 6 nitrogen and oxygen atoms in total. The van der Waals surface area contributed by atoms with Gasteiger partial charge in [0.15, 0.2) is 0 Å². The average Bonchev–Trinajstić information content (AvgIpc) is 2.58. The second-order valence-corrected chi connectivity index (χ2v) is 10.6. The number of aromatic nitrogens is 1. The number of aryl methyl sites for hydroxylation is 1. The minimum absolute atomic E-state index is 0.0280. The van der Waals surface area contributed by atoms with E-state index in [1.807, 2.05) is 0 Å². The molecule has 0 saturated carbocycles. The van der Waals surface area contributed by atoms with Gasteiger partial charge < -0.3 is 4.74 Å². The van der Waals surface area contributed by atoms with Gasteiger partial charge in [-0.25, -0.2) is 13.4 Å². The smallest absolute Gasteiger partial charge is 0.381 e. The summed E-state index contributed by atoms with van der Waals surface area (Å²) in [7, 11) is -3.83. The summed E-state index contributed by atoms with van der Waals surface area (Å²) < 4.78 is 70.9. The van der Waals surface area contributed by atoms with Crippen molar-refractivity contribution >= 4 is 10.0 Å². The molecule has 1 aromatic rings. The molecule has 0 amide bonds. The number of halogens is 3. The van der Waals surface area contributed by atoms with Crippen molar-refractivity contribution in [3.05, 3.63) is 23.5 Å². The van der Waals surface area contributed by atoms with Crippen LogP contribution in [0.5, 0.6) is 0 Å². The first kappa shape index (κ1) is 21.0. The molecule has 29 heavy (non-hydrogen) atoms. The molecule has 162 valence electrons. The number of hydrogen-bond acceptors (Lipinski definition) is 5. The third kappa shape index (κ3) is 3.80. The van der Waals surface area contributed by atoms with Crippen LogP contribution in [0.3, 0.4) is 0 Å². The Morgan fingerprint density at radius 2 is 1.79 bits per heavy atom. The molecule has 1 atom stereocenters. The highest BCUT2D eigenvalue weighted by molar-refractivity contribution is 7.89. The van der Waals surface area contributed by atoms with Crippen LogP contribution < -0.4 is 0 Å². The average molecular weight is 433 g/mol. The lowest BCUT2D eigenvalue weighted by Crippen LogP contribution is -2.74. The second-order valence-electron chi connectivity index (χ2n) is 8.65. The molecule has 3 saturated heterocycles. The molecule has 3 aliphatic rings. The van der Waals surface area contributed by atoms with Gasteiger partial charge in [0.2, 0.25) is 10.0 Å². The molecule has 3 aliphatic heterocycles. The standard InChI is InChI=1S/C19H26F3N3O3S/c1-13-16(3-4-17(23-13)19(20,21)22)29(26,27)25-11-18(12-25)9-24(10-18)14(2)15-5-7-28-8-6-15/h3-4,14-15H,5-12H2,1-2H3. The molecule has 3 fully saturated rings. The molecule has 0 radical (unpaired) electrons. The van der Waals surface area contributed by atoms with Gasteiger partial charge in [0, 0.05) is 50.8 Å². The molecule has 1 unspecified atom stereocenters. The zero-order valence-corrected chi connectivity index (χ0v) is 17.4. The maximum Gasteiger partial charge on any atom is 0.433 e. The Morgan fingerprint density at radius 1 is 1.17 bits per heavy atom. The van der Waals surface area contributed by atoms with Crippen LogP contribution in [0.2, 0.25) is 0 Å².